The maximum Gasteiger partial charge on any atom is 0.146 e. The molecule has 0 saturated heterocycles. The van der Waals surface area contributed by atoms with Gasteiger partial charge in [-0.1, -0.05) is 28.1 Å². The Morgan fingerprint density at radius 3 is 2.62 bits per heavy atom. The molecule has 0 amide bonds. The van der Waals surface area contributed by atoms with Crippen molar-refractivity contribution >= 4 is 21.6 Å². The average Bonchev–Trinajstić information content (AvgIpc) is 2.50. The molecule has 0 aliphatic heterocycles. The molecule has 5 heteroatoms. The van der Waals surface area contributed by atoms with Gasteiger partial charge in [0.2, 0.25) is 0 Å². The van der Waals surface area contributed by atoms with Crippen molar-refractivity contribution in [3.63, 3.8) is 0 Å². The number of ether oxygens (including phenoxy) is 1. The number of likely N-dealkylation sites (N-methyl/N-ethyl adjacent to an activating group) is 1. The van der Waals surface area contributed by atoms with Crippen LogP contribution in [0.4, 0.5) is 10.1 Å². The molecule has 0 aliphatic carbocycles. The van der Waals surface area contributed by atoms with Gasteiger partial charge in [0, 0.05) is 18.1 Å². The fraction of sp³-hybridized carbons (Fsp3) is 0.250. The number of hydrogen-bond acceptors (Lipinski definition) is 3. The number of rotatable bonds is 5. The van der Waals surface area contributed by atoms with E-state index < -0.39 is 0 Å². The number of hydrogen-bond donors (Lipinski definition) is 1. The standard InChI is InChI=1S/C16H18BrFN2O/c1-20(15-6-4-3-5-14(15)18)16(10-19)12-9-11(21-2)7-8-13(12)17/h3-9,16H,10,19H2,1-2H3. The largest absolute Gasteiger partial charge is 0.497 e. The molecule has 21 heavy (non-hydrogen) atoms. The molecule has 0 aromatic heterocycles. The summed E-state index contributed by atoms with van der Waals surface area (Å²) in [5.41, 5.74) is 7.40. The molecule has 2 aromatic rings. The molecule has 2 rings (SSSR count). The maximum absolute atomic E-state index is 14.0. The van der Waals surface area contributed by atoms with Gasteiger partial charge in [-0.2, -0.15) is 0 Å². The zero-order valence-electron chi connectivity index (χ0n) is 12.0. The van der Waals surface area contributed by atoms with Gasteiger partial charge >= 0.3 is 0 Å². The molecule has 2 N–H and O–H groups in total. The minimum atomic E-state index is -0.266. The van der Waals surface area contributed by atoms with E-state index in [4.69, 9.17) is 10.5 Å². The molecule has 1 atom stereocenters. The molecule has 0 aliphatic rings. The fourth-order valence-electron chi connectivity index (χ4n) is 2.30. The molecule has 2 aromatic carbocycles. The summed E-state index contributed by atoms with van der Waals surface area (Å²) in [7, 11) is 3.45. The van der Waals surface area contributed by atoms with Crippen LogP contribution in [0.5, 0.6) is 5.75 Å². The third-order valence-corrected chi connectivity index (χ3v) is 4.21. The first-order valence-corrected chi connectivity index (χ1v) is 7.38. The first-order chi connectivity index (χ1) is 10.1. The molecule has 0 saturated carbocycles. The van der Waals surface area contributed by atoms with Crippen molar-refractivity contribution in [3.8, 4) is 5.75 Å². The minimum Gasteiger partial charge on any atom is -0.497 e. The highest BCUT2D eigenvalue weighted by Crippen LogP contribution is 2.33. The molecule has 0 radical (unpaired) electrons. The lowest BCUT2D eigenvalue weighted by molar-refractivity contribution is 0.413. The van der Waals surface area contributed by atoms with E-state index in [0.29, 0.717) is 12.2 Å². The number of para-hydroxylation sites is 1. The van der Waals surface area contributed by atoms with Gasteiger partial charge in [-0.25, -0.2) is 4.39 Å². The molecule has 0 spiro atoms. The Balaban J connectivity index is 2.42. The predicted octanol–water partition coefficient (Wildman–Crippen LogP) is 3.73. The fourth-order valence-corrected chi connectivity index (χ4v) is 2.81. The van der Waals surface area contributed by atoms with E-state index in [0.717, 1.165) is 15.8 Å². The Morgan fingerprint density at radius 1 is 1.29 bits per heavy atom. The zero-order chi connectivity index (χ0) is 15.4. The summed E-state index contributed by atoms with van der Waals surface area (Å²) < 4.78 is 20.2. The highest BCUT2D eigenvalue weighted by molar-refractivity contribution is 9.10. The second-order valence-corrected chi connectivity index (χ2v) is 5.56. The Morgan fingerprint density at radius 2 is 2.00 bits per heavy atom. The second kappa shape index (κ2) is 6.91. The van der Waals surface area contributed by atoms with Crippen LogP contribution in [0.1, 0.15) is 11.6 Å². The van der Waals surface area contributed by atoms with Gasteiger partial charge in [0.15, 0.2) is 0 Å². The monoisotopic (exact) mass is 352 g/mol. The molecule has 0 bridgehead atoms. The minimum absolute atomic E-state index is 0.161. The number of nitrogens with two attached hydrogens (primary N) is 1. The van der Waals surface area contributed by atoms with E-state index in [1.54, 1.807) is 19.2 Å². The van der Waals surface area contributed by atoms with Gasteiger partial charge in [-0.05, 0) is 35.9 Å². The first kappa shape index (κ1) is 15.8. The van der Waals surface area contributed by atoms with Gasteiger partial charge in [0.05, 0.1) is 18.8 Å². The van der Waals surface area contributed by atoms with E-state index in [1.807, 2.05) is 36.2 Å². The Hall–Kier alpha value is -1.59. The van der Waals surface area contributed by atoms with E-state index in [9.17, 15) is 4.39 Å². The van der Waals surface area contributed by atoms with Crippen molar-refractivity contribution in [2.45, 2.75) is 6.04 Å². The van der Waals surface area contributed by atoms with Gasteiger partial charge in [0.25, 0.3) is 0 Å². The quantitative estimate of drug-likeness (QED) is 0.890. The van der Waals surface area contributed by atoms with Crippen LogP contribution in [0.15, 0.2) is 46.9 Å². The summed E-state index contributed by atoms with van der Waals surface area (Å²) in [5, 5.41) is 0. The molecule has 112 valence electrons. The normalized spacial score (nSPS) is 12.0. The number of methoxy groups -OCH3 is 1. The van der Waals surface area contributed by atoms with Crippen LogP contribution in [-0.2, 0) is 0 Å². The number of anilines is 1. The van der Waals surface area contributed by atoms with E-state index in [-0.39, 0.29) is 11.9 Å². The Kier molecular flexibility index (Phi) is 5.20. The molecule has 1 unspecified atom stereocenters. The average molecular weight is 353 g/mol. The van der Waals surface area contributed by atoms with E-state index in [2.05, 4.69) is 15.9 Å². The summed E-state index contributed by atoms with van der Waals surface area (Å²) in [5.74, 6) is 0.478. The summed E-state index contributed by atoms with van der Waals surface area (Å²) >= 11 is 3.53. The predicted molar refractivity (Wildman–Crippen MR) is 87.3 cm³/mol. The van der Waals surface area contributed by atoms with Gasteiger partial charge < -0.3 is 15.4 Å². The Labute approximate surface area is 132 Å². The van der Waals surface area contributed by atoms with Crippen LogP contribution in [0.3, 0.4) is 0 Å². The lowest BCUT2D eigenvalue weighted by Crippen LogP contribution is -2.31. The number of benzene rings is 2. The van der Waals surface area contributed by atoms with Gasteiger partial charge in [-0.3, -0.25) is 0 Å². The highest BCUT2D eigenvalue weighted by Gasteiger charge is 2.21. The lowest BCUT2D eigenvalue weighted by atomic mass is 10.0. The summed E-state index contributed by atoms with van der Waals surface area (Å²) in [6.45, 7) is 0.358. The third-order valence-electron chi connectivity index (χ3n) is 3.49. The van der Waals surface area contributed by atoms with E-state index >= 15 is 0 Å². The van der Waals surface area contributed by atoms with Crippen molar-refractivity contribution in [2.75, 3.05) is 25.6 Å². The smallest absolute Gasteiger partial charge is 0.146 e. The van der Waals surface area contributed by atoms with E-state index in [1.165, 1.54) is 6.07 Å². The van der Waals surface area contributed by atoms with Crippen molar-refractivity contribution in [2.24, 2.45) is 5.73 Å². The van der Waals surface area contributed by atoms with Crippen molar-refractivity contribution < 1.29 is 9.13 Å². The third kappa shape index (κ3) is 3.36. The van der Waals surface area contributed by atoms with Crippen LogP contribution < -0.4 is 15.4 Å². The topological polar surface area (TPSA) is 38.5 Å². The molecular formula is C16H18BrFN2O. The highest BCUT2D eigenvalue weighted by atomic mass is 79.9. The summed E-state index contributed by atoms with van der Waals surface area (Å²) in [6.07, 6.45) is 0. The SMILES string of the molecule is COc1ccc(Br)c(C(CN)N(C)c2ccccc2F)c1. The second-order valence-electron chi connectivity index (χ2n) is 4.70. The molecular weight excluding hydrogens is 335 g/mol. The van der Waals surface area contributed by atoms with Crippen LogP contribution in [0, 0.1) is 5.82 Å². The number of halogens is 2. The summed E-state index contributed by atoms with van der Waals surface area (Å²) in [6, 6.07) is 12.2. The van der Waals surface area contributed by atoms with Gasteiger partial charge in [-0.15, -0.1) is 0 Å². The molecule has 0 heterocycles. The van der Waals surface area contributed by atoms with Crippen molar-refractivity contribution in [3.05, 3.63) is 58.3 Å². The van der Waals surface area contributed by atoms with Crippen LogP contribution in [0.2, 0.25) is 0 Å². The Bertz CT molecular complexity index is 621. The maximum atomic E-state index is 14.0. The number of nitrogens with zero attached hydrogens (tertiary/aromatic N) is 1. The van der Waals surface area contributed by atoms with Crippen LogP contribution >= 0.6 is 15.9 Å². The zero-order valence-corrected chi connectivity index (χ0v) is 13.6. The van der Waals surface area contributed by atoms with Crippen LogP contribution in [0.25, 0.3) is 0 Å². The molecule has 0 fully saturated rings. The van der Waals surface area contributed by atoms with Crippen LogP contribution in [-0.4, -0.2) is 20.7 Å². The lowest BCUT2D eigenvalue weighted by Gasteiger charge is -2.30. The first-order valence-electron chi connectivity index (χ1n) is 6.59. The molecule has 3 nitrogen and oxygen atoms in total. The van der Waals surface area contributed by atoms with Crippen molar-refractivity contribution in [1.82, 2.24) is 0 Å². The summed E-state index contributed by atoms with van der Waals surface area (Å²) in [4.78, 5) is 1.84. The van der Waals surface area contributed by atoms with Gasteiger partial charge in [0.1, 0.15) is 11.6 Å². The van der Waals surface area contributed by atoms with Crippen molar-refractivity contribution in [1.29, 1.82) is 0 Å².